The number of nitrogens with zero attached hydrogens (tertiary/aromatic N) is 6. The SMILES string of the molecule is Cc1cc(C)nc(Nc2cc(C3CCCCN3C(=O)/C=C/CN(C)C)nc(C)n2)n1. The summed E-state index contributed by atoms with van der Waals surface area (Å²) in [5.74, 6) is 1.84. The van der Waals surface area contributed by atoms with E-state index < -0.39 is 0 Å². The van der Waals surface area contributed by atoms with Gasteiger partial charge in [0.15, 0.2) is 0 Å². The van der Waals surface area contributed by atoms with Crippen molar-refractivity contribution in [2.45, 2.75) is 46.1 Å². The molecule has 1 aliphatic heterocycles. The van der Waals surface area contributed by atoms with Gasteiger partial charge in [0.25, 0.3) is 0 Å². The normalized spacial score (nSPS) is 17.0. The van der Waals surface area contributed by atoms with Crippen LogP contribution in [0.4, 0.5) is 11.8 Å². The van der Waals surface area contributed by atoms with E-state index in [9.17, 15) is 4.79 Å². The summed E-state index contributed by atoms with van der Waals surface area (Å²) < 4.78 is 0. The third kappa shape index (κ3) is 5.82. The Hall–Kier alpha value is -2.87. The number of hydrogen-bond donors (Lipinski definition) is 1. The first kappa shape index (κ1) is 21.8. The van der Waals surface area contributed by atoms with Crippen LogP contribution in [0, 0.1) is 20.8 Å². The second-order valence-electron chi connectivity index (χ2n) is 8.03. The van der Waals surface area contributed by atoms with Crippen molar-refractivity contribution >= 4 is 17.7 Å². The Morgan fingerprint density at radius 1 is 1.13 bits per heavy atom. The maximum Gasteiger partial charge on any atom is 0.246 e. The highest BCUT2D eigenvalue weighted by Crippen LogP contribution is 2.31. The Morgan fingerprint density at radius 2 is 1.87 bits per heavy atom. The Bertz CT molecular complexity index is 905. The predicted molar refractivity (Wildman–Crippen MR) is 118 cm³/mol. The second-order valence-corrected chi connectivity index (χ2v) is 8.03. The molecule has 1 unspecified atom stereocenters. The number of amides is 1. The summed E-state index contributed by atoms with van der Waals surface area (Å²) in [6.07, 6.45) is 6.55. The fourth-order valence-electron chi connectivity index (χ4n) is 3.68. The molecule has 1 atom stereocenters. The summed E-state index contributed by atoms with van der Waals surface area (Å²) in [5, 5.41) is 3.20. The molecule has 8 nitrogen and oxygen atoms in total. The molecular formula is C22H31N7O. The quantitative estimate of drug-likeness (QED) is 0.734. The lowest BCUT2D eigenvalue weighted by atomic mass is 9.98. The minimum absolute atomic E-state index is 0.0324. The first-order valence-electron chi connectivity index (χ1n) is 10.4. The van der Waals surface area contributed by atoms with Gasteiger partial charge in [-0.25, -0.2) is 19.9 Å². The number of carbonyl (C=O) groups excluding carboxylic acids is 1. The molecule has 0 spiro atoms. The molecule has 1 N–H and O–H groups in total. The Kier molecular flexibility index (Phi) is 7.10. The van der Waals surface area contributed by atoms with E-state index >= 15 is 0 Å². The van der Waals surface area contributed by atoms with E-state index in [1.54, 1.807) is 6.08 Å². The van der Waals surface area contributed by atoms with Gasteiger partial charge in [0.2, 0.25) is 11.9 Å². The van der Waals surface area contributed by atoms with Gasteiger partial charge in [-0.15, -0.1) is 0 Å². The first-order valence-corrected chi connectivity index (χ1v) is 10.4. The second kappa shape index (κ2) is 9.75. The van der Waals surface area contributed by atoms with Crippen LogP contribution in [0.15, 0.2) is 24.3 Å². The molecule has 0 radical (unpaired) electrons. The van der Waals surface area contributed by atoms with Crippen LogP contribution < -0.4 is 5.32 Å². The van der Waals surface area contributed by atoms with E-state index in [0.29, 0.717) is 17.6 Å². The molecule has 1 aliphatic rings. The van der Waals surface area contributed by atoms with Gasteiger partial charge in [-0.05, 0) is 60.2 Å². The molecule has 1 saturated heterocycles. The maximum atomic E-state index is 12.8. The lowest BCUT2D eigenvalue weighted by Crippen LogP contribution is -2.38. The van der Waals surface area contributed by atoms with E-state index in [1.165, 1.54) is 0 Å². The number of hydrogen-bond acceptors (Lipinski definition) is 7. The van der Waals surface area contributed by atoms with E-state index in [4.69, 9.17) is 0 Å². The molecule has 3 heterocycles. The smallest absolute Gasteiger partial charge is 0.246 e. The Labute approximate surface area is 178 Å². The number of likely N-dealkylation sites (N-methyl/N-ethyl adjacent to an activating group) is 1. The summed E-state index contributed by atoms with van der Waals surface area (Å²) in [4.78, 5) is 34.8. The van der Waals surface area contributed by atoms with Crippen LogP contribution in [0.25, 0.3) is 0 Å². The maximum absolute atomic E-state index is 12.8. The zero-order valence-electron chi connectivity index (χ0n) is 18.5. The molecule has 1 amide bonds. The lowest BCUT2D eigenvalue weighted by molar-refractivity contribution is -0.129. The van der Waals surface area contributed by atoms with Crippen LogP contribution >= 0.6 is 0 Å². The van der Waals surface area contributed by atoms with Gasteiger partial charge in [-0.2, -0.15) is 0 Å². The highest BCUT2D eigenvalue weighted by molar-refractivity contribution is 5.88. The van der Waals surface area contributed by atoms with Gasteiger partial charge in [-0.1, -0.05) is 6.08 Å². The summed E-state index contributed by atoms with van der Waals surface area (Å²) >= 11 is 0. The molecule has 30 heavy (non-hydrogen) atoms. The number of rotatable bonds is 6. The highest BCUT2D eigenvalue weighted by atomic mass is 16.2. The van der Waals surface area contributed by atoms with Crippen LogP contribution in [0.1, 0.15) is 48.2 Å². The predicted octanol–water partition coefficient (Wildman–Crippen LogP) is 3.11. The van der Waals surface area contributed by atoms with Crippen LogP contribution in [0.2, 0.25) is 0 Å². The fraction of sp³-hybridized carbons (Fsp3) is 0.500. The van der Waals surface area contributed by atoms with Gasteiger partial charge < -0.3 is 15.1 Å². The molecule has 0 aromatic carbocycles. The number of nitrogens with one attached hydrogen (secondary N) is 1. The summed E-state index contributed by atoms with van der Waals surface area (Å²) in [5.41, 5.74) is 2.64. The van der Waals surface area contributed by atoms with Crippen LogP contribution in [0.5, 0.6) is 0 Å². The molecule has 0 bridgehead atoms. The van der Waals surface area contributed by atoms with Gasteiger partial charge >= 0.3 is 0 Å². The van der Waals surface area contributed by atoms with E-state index in [2.05, 4.69) is 25.3 Å². The topological polar surface area (TPSA) is 87.1 Å². The van der Waals surface area contributed by atoms with Crippen molar-refractivity contribution in [3.8, 4) is 0 Å². The zero-order valence-corrected chi connectivity index (χ0v) is 18.5. The molecule has 0 aliphatic carbocycles. The standard InChI is InChI=1S/C22H31N7O/c1-15-13-16(2)24-22(23-15)27-20-14-18(25-17(3)26-20)19-9-6-7-12-29(19)21(30)10-8-11-28(4)5/h8,10,13-14,19H,6-7,9,11-12H2,1-5H3,(H,23,24,25,26,27)/b10-8+. The van der Waals surface area contributed by atoms with E-state index in [-0.39, 0.29) is 11.9 Å². The van der Waals surface area contributed by atoms with E-state index in [1.807, 2.05) is 62.9 Å². The number of aryl methyl sites for hydroxylation is 3. The van der Waals surface area contributed by atoms with E-state index in [0.717, 1.165) is 49.4 Å². The van der Waals surface area contributed by atoms with Crippen LogP contribution in [-0.2, 0) is 4.79 Å². The minimum Gasteiger partial charge on any atom is -0.331 e. The number of anilines is 2. The van der Waals surface area contributed by atoms with Gasteiger partial charge in [0.1, 0.15) is 11.6 Å². The molecule has 0 saturated carbocycles. The summed E-state index contributed by atoms with van der Waals surface area (Å²) in [6.45, 7) is 7.21. The third-order valence-corrected chi connectivity index (χ3v) is 4.94. The number of piperidine rings is 1. The van der Waals surface area contributed by atoms with Crippen molar-refractivity contribution in [2.24, 2.45) is 0 Å². The molecular weight excluding hydrogens is 378 g/mol. The van der Waals surface area contributed by atoms with Crippen molar-refractivity contribution in [2.75, 3.05) is 32.5 Å². The minimum atomic E-state index is -0.0577. The summed E-state index contributed by atoms with van der Waals surface area (Å²) in [7, 11) is 3.96. The Balaban J connectivity index is 1.83. The van der Waals surface area contributed by atoms with Gasteiger partial charge in [0, 0.05) is 36.6 Å². The monoisotopic (exact) mass is 409 g/mol. The van der Waals surface area contributed by atoms with Crippen LogP contribution in [0.3, 0.4) is 0 Å². The molecule has 2 aromatic heterocycles. The largest absolute Gasteiger partial charge is 0.331 e. The number of carbonyl (C=O) groups is 1. The molecule has 2 aromatic rings. The van der Waals surface area contributed by atoms with Crippen molar-refractivity contribution in [3.63, 3.8) is 0 Å². The zero-order chi connectivity index (χ0) is 21.7. The first-order chi connectivity index (χ1) is 14.3. The van der Waals surface area contributed by atoms with Crippen molar-refractivity contribution in [3.05, 3.63) is 47.2 Å². The number of aromatic nitrogens is 4. The van der Waals surface area contributed by atoms with Gasteiger partial charge in [0.05, 0.1) is 11.7 Å². The summed E-state index contributed by atoms with van der Waals surface area (Å²) in [6, 6.07) is 3.78. The Morgan fingerprint density at radius 3 is 2.57 bits per heavy atom. The molecule has 160 valence electrons. The highest BCUT2D eigenvalue weighted by Gasteiger charge is 2.28. The number of likely N-dealkylation sites (tertiary alicyclic amines) is 1. The third-order valence-electron chi connectivity index (χ3n) is 4.94. The fourth-order valence-corrected chi connectivity index (χ4v) is 3.68. The lowest BCUT2D eigenvalue weighted by Gasteiger charge is -2.35. The van der Waals surface area contributed by atoms with Crippen molar-refractivity contribution < 1.29 is 4.79 Å². The molecule has 1 fully saturated rings. The molecule has 3 rings (SSSR count). The van der Waals surface area contributed by atoms with Crippen molar-refractivity contribution in [1.29, 1.82) is 0 Å². The average Bonchev–Trinajstić information content (AvgIpc) is 2.66. The average molecular weight is 410 g/mol. The van der Waals surface area contributed by atoms with Gasteiger partial charge in [-0.3, -0.25) is 4.79 Å². The molecule has 8 heteroatoms. The van der Waals surface area contributed by atoms with Crippen molar-refractivity contribution in [1.82, 2.24) is 29.7 Å². The van der Waals surface area contributed by atoms with Crippen LogP contribution in [-0.4, -0.2) is 62.8 Å².